The highest BCUT2D eigenvalue weighted by Crippen LogP contribution is 2.33. The van der Waals surface area contributed by atoms with Gasteiger partial charge in [-0.1, -0.05) is 36.4 Å². The largest absolute Gasteiger partial charge is 0.452 e. The highest BCUT2D eigenvalue weighted by molar-refractivity contribution is 7.92. The number of pyridine rings is 1. The van der Waals surface area contributed by atoms with E-state index < -0.39 is 16.1 Å². The van der Waals surface area contributed by atoms with Crippen molar-refractivity contribution in [3.63, 3.8) is 0 Å². The normalized spacial score (nSPS) is 11.0. The van der Waals surface area contributed by atoms with Gasteiger partial charge in [-0.2, -0.15) is 4.31 Å². The lowest BCUT2D eigenvalue weighted by Crippen LogP contribution is -2.35. The fourth-order valence-electron chi connectivity index (χ4n) is 3.31. The maximum atomic E-state index is 12.0. The molecule has 0 saturated heterocycles. The van der Waals surface area contributed by atoms with E-state index >= 15 is 0 Å². The van der Waals surface area contributed by atoms with Gasteiger partial charge >= 0.3 is 6.09 Å². The van der Waals surface area contributed by atoms with Crippen molar-refractivity contribution < 1.29 is 17.9 Å². The van der Waals surface area contributed by atoms with Gasteiger partial charge in [0.25, 0.3) is 0 Å². The molecule has 4 aromatic rings. The Morgan fingerprint density at radius 2 is 1.42 bits per heavy atom. The third kappa shape index (κ3) is 4.40. The second kappa shape index (κ2) is 8.79. The van der Waals surface area contributed by atoms with Crippen LogP contribution in [0.5, 0.6) is 0 Å². The van der Waals surface area contributed by atoms with Crippen LogP contribution in [0.3, 0.4) is 0 Å². The van der Waals surface area contributed by atoms with Crippen LogP contribution in [0.1, 0.15) is 0 Å². The summed E-state index contributed by atoms with van der Waals surface area (Å²) in [5.74, 6) is 0. The number of ether oxygens (including phenoxy) is 1. The highest BCUT2D eigenvalue weighted by atomic mass is 35.5. The topological polar surface area (TPSA) is 88.6 Å². The van der Waals surface area contributed by atoms with Crippen molar-refractivity contribution in [2.45, 2.75) is 0 Å². The molecular formula is C22H20ClN3O4S. The van der Waals surface area contributed by atoms with E-state index in [1.807, 2.05) is 48.5 Å². The first-order valence-corrected chi connectivity index (χ1v) is 11.0. The van der Waals surface area contributed by atoms with Crippen LogP contribution in [0.15, 0.2) is 72.8 Å². The number of aromatic nitrogens is 1. The van der Waals surface area contributed by atoms with Gasteiger partial charge < -0.3 is 10.1 Å². The number of amides is 1. The number of carbonyl (C=O) groups excluding carboxylic acids is 1. The molecule has 160 valence electrons. The Morgan fingerprint density at radius 1 is 0.903 bits per heavy atom. The molecule has 7 nitrogen and oxygen atoms in total. The van der Waals surface area contributed by atoms with E-state index in [1.54, 1.807) is 24.3 Å². The molecule has 0 bridgehead atoms. The number of nitrogens with one attached hydrogen (secondary N) is 1. The molecule has 9 heteroatoms. The minimum absolute atomic E-state index is 0. The predicted octanol–water partition coefficient (Wildman–Crippen LogP) is 5.09. The zero-order valence-corrected chi connectivity index (χ0v) is 18.4. The second-order valence-electron chi connectivity index (χ2n) is 6.69. The zero-order valence-electron chi connectivity index (χ0n) is 16.8. The van der Waals surface area contributed by atoms with E-state index in [2.05, 4.69) is 10.1 Å². The van der Waals surface area contributed by atoms with Crippen LogP contribution in [0, 0.1) is 0 Å². The molecule has 0 aliphatic rings. The van der Waals surface area contributed by atoms with Crippen LogP contribution in [-0.2, 0) is 14.8 Å². The lowest BCUT2D eigenvalue weighted by Gasteiger charge is -2.19. The number of anilines is 3. The predicted molar refractivity (Wildman–Crippen MR) is 126 cm³/mol. The summed E-state index contributed by atoms with van der Waals surface area (Å²) in [6, 6.07) is 22.2. The molecule has 0 fully saturated rings. The van der Waals surface area contributed by atoms with E-state index in [0.717, 1.165) is 46.5 Å². The van der Waals surface area contributed by atoms with Crippen LogP contribution < -0.4 is 9.62 Å². The van der Waals surface area contributed by atoms with Gasteiger partial charge in [0.05, 0.1) is 35.8 Å². The number of benzene rings is 3. The van der Waals surface area contributed by atoms with Gasteiger partial charge in [0, 0.05) is 16.5 Å². The third-order valence-electron chi connectivity index (χ3n) is 4.63. The maximum Gasteiger partial charge on any atom is 0.428 e. The minimum Gasteiger partial charge on any atom is -0.452 e. The Kier molecular flexibility index (Phi) is 6.33. The number of rotatable bonds is 4. The molecule has 0 atom stereocenters. The zero-order chi connectivity index (χ0) is 21.3. The molecular weight excluding hydrogens is 438 g/mol. The lowest BCUT2D eigenvalue weighted by atomic mass is 10.1. The average Bonchev–Trinajstić information content (AvgIpc) is 2.73. The van der Waals surface area contributed by atoms with Gasteiger partial charge in [-0.3, -0.25) is 0 Å². The molecule has 3 aromatic carbocycles. The molecule has 0 aliphatic carbocycles. The molecule has 0 spiro atoms. The van der Waals surface area contributed by atoms with Gasteiger partial charge in [0.2, 0.25) is 10.0 Å². The summed E-state index contributed by atoms with van der Waals surface area (Å²) in [5.41, 5.74) is 3.56. The number of hydrogen-bond donors (Lipinski definition) is 1. The van der Waals surface area contributed by atoms with Crippen LogP contribution >= 0.6 is 12.4 Å². The monoisotopic (exact) mass is 457 g/mol. The number of nitrogens with zero attached hydrogens (tertiary/aromatic N) is 2. The van der Waals surface area contributed by atoms with Crippen molar-refractivity contribution in [2.75, 3.05) is 23.0 Å². The lowest BCUT2D eigenvalue weighted by molar-refractivity contribution is 0.183. The number of fused-ring (bicyclic) bond motifs is 2. The van der Waals surface area contributed by atoms with E-state index in [4.69, 9.17) is 4.98 Å². The van der Waals surface area contributed by atoms with E-state index in [-0.39, 0.29) is 18.1 Å². The van der Waals surface area contributed by atoms with Crippen LogP contribution in [0.2, 0.25) is 0 Å². The summed E-state index contributed by atoms with van der Waals surface area (Å²) in [7, 11) is -2.69. The van der Waals surface area contributed by atoms with E-state index in [1.165, 1.54) is 0 Å². The van der Waals surface area contributed by atoms with E-state index in [9.17, 15) is 13.2 Å². The molecule has 4 rings (SSSR count). The maximum absolute atomic E-state index is 12.0. The minimum atomic E-state index is -3.83. The molecule has 1 N–H and O–H groups in total. The number of halogens is 1. The Hall–Kier alpha value is -3.36. The van der Waals surface area contributed by atoms with Crippen molar-refractivity contribution in [3.8, 4) is 0 Å². The highest BCUT2D eigenvalue weighted by Gasteiger charge is 2.26. The Balaban J connectivity index is 0.00000272. The van der Waals surface area contributed by atoms with Crippen molar-refractivity contribution >= 4 is 67.4 Å². The standard InChI is InChI=1S/C22H19N3O4S.ClH/c1-29-22(26)25(30(2,27)28)16-13-11-15(12-14-16)23-21-17-7-3-5-9-19(17)24-20-10-6-4-8-18(20)21;/h3-14H,1-2H3,(H,23,24);1H. The molecule has 1 aromatic heterocycles. The molecule has 0 saturated carbocycles. The summed E-state index contributed by atoms with van der Waals surface area (Å²) in [6.07, 6.45) is -0.0185. The number of carbonyl (C=O) groups is 1. The summed E-state index contributed by atoms with van der Waals surface area (Å²) >= 11 is 0. The first kappa shape index (κ1) is 22.3. The molecule has 0 unspecified atom stereocenters. The van der Waals surface area contributed by atoms with Crippen LogP contribution in [0.4, 0.5) is 21.9 Å². The van der Waals surface area contributed by atoms with Crippen molar-refractivity contribution in [3.05, 3.63) is 72.8 Å². The molecule has 1 amide bonds. The fourth-order valence-corrected chi connectivity index (χ4v) is 4.16. The molecule has 0 aliphatic heterocycles. The second-order valence-corrected chi connectivity index (χ2v) is 8.52. The van der Waals surface area contributed by atoms with Crippen molar-refractivity contribution in [1.29, 1.82) is 0 Å². The Bertz CT molecular complexity index is 1300. The first-order valence-electron chi connectivity index (χ1n) is 9.11. The van der Waals surface area contributed by atoms with Crippen molar-refractivity contribution in [2.24, 2.45) is 0 Å². The van der Waals surface area contributed by atoms with E-state index in [0.29, 0.717) is 4.31 Å². The number of hydrogen-bond acceptors (Lipinski definition) is 6. The first-order chi connectivity index (χ1) is 14.4. The van der Waals surface area contributed by atoms with Gasteiger partial charge in [-0.25, -0.2) is 18.2 Å². The Labute approximate surface area is 186 Å². The molecule has 31 heavy (non-hydrogen) atoms. The SMILES string of the molecule is COC(=O)N(c1ccc(Nc2c3ccccc3nc3ccccc23)cc1)S(C)(=O)=O.Cl. The van der Waals surface area contributed by atoms with Crippen molar-refractivity contribution in [1.82, 2.24) is 4.98 Å². The smallest absolute Gasteiger partial charge is 0.428 e. The van der Waals surface area contributed by atoms with Crippen LogP contribution in [-0.4, -0.2) is 32.9 Å². The summed E-state index contributed by atoms with van der Waals surface area (Å²) < 4.78 is 29.2. The average molecular weight is 458 g/mol. The summed E-state index contributed by atoms with van der Waals surface area (Å²) in [5, 5.41) is 5.34. The number of sulfonamides is 1. The van der Waals surface area contributed by atoms with Gasteiger partial charge in [0.15, 0.2) is 0 Å². The van der Waals surface area contributed by atoms with Crippen LogP contribution in [0.25, 0.3) is 21.8 Å². The summed E-state index contributed by atoms with van der Waals surface area (Å²) in [4.78, 5) is 16.6. The summed E-state index contributed by atoms with van der Waals surface area (Å²) in [6.45, 7) is 0. The van der Waals surface area contributed by atoms with Gasteiger partial charge in [0.1, 0.15) is 0 Å². The molecule has 0 radical (unpaired) electrons. The Morgan fingerprint density at radius 3 is 1.90 bits per heavy atom. The number of para-hydroxylation sites is 2. The quantitative estimate of drug-likeness (QED) is 0.429. The van der Waals surface area contributed by atoms with Gasteiger partial charge in [-0.05, 0) is 36.4 Å². The molecule has 1 heterocycles. The van der Waals surface area contributed by atoms with Gasteiger partial charge in [-0.15, -0.1) is 12.4 Å². The number of methoxy groups -OCH3 is 1. The third-order valence-corrected chi connectivity index (χ3v) is 5.65. The fraction of sp³-hybridized carbons (Fsp3) is 0.0909.